The van der Waals surface area contributed by atoms with E-state index in [0.717, 1.165) is 29.8 Å². The minimum absolute atomic E-state index is 0.240. The molecule has 2 bridgehead atoms. The molecule has 1 aliphatic heterocycles. The number of hydrogen-bond acceptors (Lipinski definition) is 1. The molecule has 0 aromatic rings. The molecule has 90 valence electrons. The van der Waals surface area contributed by atoms with E-state index in [1.807, 2.05) is 0 Å². The molecule has 0 aromatic carbocycles. The predicted octanol–water partition coefficient (Wildman–Crippen LogP) is 3.63. The molecule has 4 fully saturated rings. The lowest BCUT2D eigenvalue weighted by molar-refractivity contribution is -0.0727. The van der Waals surface area contributed by atoms with Gasteiger partial charge in [-0.05, 0) is 67.6 Å². The first-order valence-corrected chi connectivity index (χ1v) is 7.15. The van der Waals surface area contributed by atoms with Crippen molar-refractivity contribution in [2.45, 2.75) is 58.5 Å². The first-order chi connectivity index (χ1) is 7.51. The van der Waals surface area contributed by atoms with Gasteiger partial charge in [0.05, 0.1) is 12.2 Å². The molecule has 1 heteroatoms. The third kappa shape index (κ3) is 0.805. The molecule has 0 radical (unpaired) electrons. The maximum absolute atomic E-state index is 6.24. The Labute approximate surface area is 98.9 Å². The van der Waals surface area contributed by atoms with Gasteiger partial charge in [0.1, 0.15) is 0 Å². The van der Waals surface area contributed by atoms with Crippen LogP contribution in [0.2, 0.25) is 0 Å². The van der Waals surface area contributed by atoms with Crippen molar-refractivity contribution >= 4 is 0 Å². The van der Waals surface area contributed by atoms with Crippen molar-refractivity contribution in [3.05, 3.63) is 0 Å². The van der Waals surface area contributed by atoms with Crippen molar-refractivity contribution in [1.82, 2.24) is 0 Å². The summed E-state index contributed by atoms with van der Waals surface area (Å²) in [5.74, 6) is 2.82. The van der Waals surface area contributed by atoms with Gasteiger partial charge in [0.15, 0.2) is 0 Å². The van der Waals surface area contributed by atoms with Crippen molar-refractivity contribution in [1.29, 1.82) is 0 Å². The van der Waals surface area contributed by atoms with E-state index in [1.54, 1.807) is 0 Å². The smallest absolute Gasteiger partial charge is 0.0689 e. The summed E-state index contributed by atoms with van der Waals surface area (Å²) in [5.41, 5.74) is 1.49. The van der Waals surface area contributed by atoms with Gasteiger partial charge in [0.25, 0.3) is 0 Å². The van der Waals surface area contributed by atoms with Crippen LogP contribution >= 0.6 is 0 Å². The van der Waals surface area contributed by atoms with Crippen molar-refractivity contribution in [2.24, 2.45) is 28.6 Å². The van der Waals surface area contributed by atoms with Gasteiger partial charge in [-0.1, -0.05) is 13.8 Å². The molecule has 1 saturated heterocycles. The van der Waals surface area contributed by atoms with Crippen LogP contribution in [-0.4, -0.2) is 12.2 Å². The fourth-order valence-corrected chi connectivity index (χ4v) is 6.31. The highest BCUT2D eigenvalue weighted by Crippen LogP contribution is 2.76. The Morgan fingerprint density at radius 2 is 1.88 bits per heavy atom. The lowest BCUT2D eigenvalue weighted by Gasteiger charge is -2.44. The van der Waals surface area contributed by atoms with Crippen molar-refractivity contribution in [3.63, 3.8) is 0 Å². The van der Waals surface area contributed by atoms with Gasteiger partial charge in [-0.25, -0.2) is 0 Å². The molecule has 1 spiro atoms. The maximum Gasteiger partial charge on any atom is 0.0689 e. The molecule has 0 aromatic heterocycles. The van der Waals surface area contributed by atoms with Gasteiger partial charge in [0.2, 0.25) is 0 Å². The minimum atomic E-state index is 0.240. The first-order valence-electron chi connectivity index (χ1n) is 7.15. The van der Waals surface area contributed by atoms with Crippen LogP contribution in [0, 0.1) is 28.6 Å². The van der Waals surface area contributed by atoms with Crippen LogP contribution in [0.1, 0.15) is 52.9 Å². The highest BCUT2D eigenvalue weighted by molar-refractivity contribution is 5.21. The minimum Gasteiger partial charge on any atom is -0.374 e. The Bertz CT molecular complexity index is 351. The van der Waals surface area contributed by atoms with Crippen LogP contribution in [0.4, 0.5) is 0 Å². The van der Waals surface area contributed by atoms with Gasteiger partial charge < -0.3 is 4.74 Å². The molecule has 4 rings (SSSR count). The highest BCUT2D eigenvalue weighted by Gasteiger charge is 2.72. The molecule has 4 aliphatic rings. The molecule has 1 heterocycles. The lowest BCUT2D eigenvalue weighted by Crippen LogP contribution is -2.41. The fourth-order valence-electron chi connectivity index (χ4n) is 6.31. The molecule has 0 amide bonds. The van der Waals surface area contributed by atoms with Gasteiger partial charge in [-0.3, -0.25) is 0 Å². The number of hydrogen-bond donors (Lipinski definition) is 0. The molecule has 16 heavy (non-hydrogen) atoms. The molecule has 3 aliphatic carbocycles. The fraction of sp³-hybridized carbons (Fsp3) is 1.00. The normalized spacial score (nSPS) is 67.3. The quantitative estimate of drug-likeness (QED) is 0.606. The standard InChI is InChI=1S/C15H24O/c1-10-4-5-11-13(2)9-16-14(3)6-7-15(10,11)8-12(13)14/h10-12H,4-9H2,1-3H3/t10?,11-,12?,13?,14-,15?/m1/s1. The monoisotopic (exact) mass is 220 g/mol. The second-order valence-electron chi connectivity index (χ2n) is 7.63. The van der Waals surface area contributed by atoms with Crippen LogP contribution in [0.15, 0.2) is 0 Å². The third-order valence-corrected chi connectivity index (χ3v) is 7.28. The Morgan fingerprint density at radius 3 is 2.69 bits per heavy atom. The zero-order chi connectivity index (χ0) is 11.2. The zero-order valence-electron chi connectivity index (χ0n) is 10.9. The third-order valence-electron chi connectivity index (χ3n) is 7.28. The van der Waals surface area contributed by atoms with Crippen LogP contribution in [-0.2, 0) is 4.74 Å². The zero-order valence-corrected chi connectivity index (χ0v) is 10.9. The predicted molar refractivity (Wildman–Crippen MR) is 64.1 cm³/mol. The molecule has 3 saturated carbocycles. The van der Waals surface area contributed by atoms with Gasteiger partial charge in [-0.2, -0.15) is 0 Å². The van der Waals surface area contributed by atoms with E-state index in [1.165, 1.54) is 32.1 Å². The largest absolute Gasteiger partial charge is 0.374 e. The summed E-state index contributed by atoms with van der Waals surface area (Å²) in [6.45, 7) is 8.50. The van der Waals surface area contributed by atoms with E-state index in [4.69, 9.17) is 4.74 Å². The molecule has 4 unspecified atom stereocenters. The lowest BCUT2D eigenvalue weighted by atomic mass is 9.64. The molecule has 6 atom stereocenters. The van der Waals surface area contributed by atoms with Crippen LogP contribution < -0.4 is 0 Å². The average molecular weight is 220 g/mol. The van der Waals surface area contributed by atoms with E-state index >= 15 is 0 Å². The summed E-state index contributed by atoms with van der Waals surface area (Å²) in [6, 6.07) is 0. The number of ether oxygens (including phenoxy) is 1. The Kier molecular flexibility index (Phi) is 1.57. The summed E-state index contributed by atoms with van der Waals surface area (Å²) >= 11 is 0. The SMILES string of the molecule is CC1CC[C@@H]2C3(C)CO[C@]4(C)CCC12CC34. The average Bonchev–Trinajstić information content (AvgIpc) is 2.77. The van der Waals surface area contributed by atoms with Gasteiger partial charge in [-0.15, -0.1) is 0 Å². The first kappa shape index (κ1) is 9.94. The van der Waals surface area contributed by atoms with Crippen molar-refractivity contribution in [3.8, 4) is 0 Å². The summed E-state index contributed by atoms with van der Waals surface area (Å²) in [4.78, 5) is 0. The Balaban J connectivity index is 1.87. The van der Waals surface area contributed by atoms with Gasteiger partial charge >= 0.3 is 0 Å². The molecule has 1 nitrogen and oxygen atoms in total. The van der Waals surface area contributed by atoms with E-state index in [9.17, 15) is 0 Å². The Hall–Kier alpha value is -0.0400. The van der Waals surface area contributed by atoms with Crippen molar-refractivity contribution < 1.29 is 4.74 Å². The Morgan fingerprint density at radius 1 is 1.06 bits per heavy atom. The molecule has 0 N–H and O–H groups in total. The summed E-state index contributed by atoms with van der Waals surface area (Å²) in [5, 5.41) is 0. The van der Waals surface area contributed by atoms with Crippen LogP contribution in [0.25, 0.3) is 0 Å². The second-order valence-corrected chi connectivity index (χ2v) is 7.63. The van der Waals surface area contributed by atoms with Crippen LogP contribution in [0.3, 0.4) is 0 Å². The summed E-state index contributed by atoms with van der Waals surface area (Å²) in [6.07, 6.45) is 7.21. The number of rotatable bonds is 0. The van der Waals surface area contributed by atoms with Crippen molar-refractivity contribution in [2.75, 3.05) is 6.61 Å². The van der Waals surface area contributed by atoms with E-state index in [-0.39, 0.29) is 5.60 Å². The van der Waals surface area contributed by atoms with Crippen LogP contribution in [0.5, 0.6) is 0 Å². The summed E-state index contributed by atoms with van der Waals surface area (Å²) < 4.78 is 6.24. The van der Waals surface area contributed by atoms with E-state index in [2.05, 4.69) is 20.8 Å². The maximum atomic E-state index is 6.24. The van der Waals surface area contributed by atoms with E-state index < -0.39 is 0 Å². The highest BCUT2D eigenvalue weighted by atomic mass is 16.5. The molecular formula is C15H24O. The second kappa shape index (κ2) is 2.53. The molecular weight excluding hydrogens is 196 g/mol. The van der Waals surface area contributed by atoms with E-state index in [0.29, 0.717) is 5.41 Å². The topological polar surface area (TPSA) is 9.23 Å². The number of fused-ring (bicyclic) bond motifs is 1. The van der Waals surface area contributed by atoms with Gasteiger partial charge in [0, 0.05) is 0 Å². The summed E-state index contributed by atoms with van der Waals surface area (Å²) in [7, 11) is 0.